The van der Waals surface area contributed by atoms with Crippen LogP contribution in [0.4, 0.5) is 0 Å². The average Bonchev–Trinajstić information content (AvgIpc) is 3.44. The summed E-state index contributed by atoms with van der Waals surface area (Å²) >= 11 is 0. The predicted molar refractivity (Wildman–Crippen MR) is 93.0 cm³/mol. The third-order valence-corrected chi connectivity index (χ3v) is 9.12. The van der Waals surface area contributed by atoms with E-state index < -0.39 is 0 Å². The molecule has 140 valence electrons. The van der Waals surface area contributed by atoms with E-state index in [1.807, 2.05) is 0 Å². The molecule has 5 fully saturated rings. The van der Waals surface area contributed by atoms with Gasteiger partial charge in [-0.05, 0) is 62.2 Å². The van der Waals surface area contributed by atoms with Gasteiger partial charge in [-0.2, -0.15) is 0 Å². The van der Waals surface area contributed by atoms with Crippen LogP contribution in [-0.4, -0.2) is 36.5 Å². The standard InChI is InChI=1S/C21H32O4/c1-12(2)21-15(24-21)11-14-18(3)8-6-9-19(4,17(22)23-5)13(18)7-10-20(14)16(21)25-20/h12-16H,6-11H2,1-5H3/t13-,14-,15+,16-,18+,19-,20-,21+/m1/s1. The van der Waals surface area contributed by atoms with Gasteiger partial charge in [0.05, 0.1) is 18.6 Å². The van der Waals surface area contributed by atoms with Crippen molar-refractivity contribution >= 4 is 5.97 Å². The second-order valence-electron chi connectivity index (χ2n) is 10.2. The summed E-state index contributed by atoms with van der Waals surface area (Å²) in [6, 6.07) is 0. The van der Waals surface area contributed by atoms with Crippen LogP contribution in [0, 0.1) is 28.6 Å². The molecule has 25 heavy (non-hydrogen) atoms. The number of methoxy groups -OCH3 is 1. The van der Waals surface area contributed by atoms with Gasteiger partial charge in [-0.25, -0.2) is 0 Å². The third kappa shape index (κ3) is 1.70. The maximum atomic E-state index is 12.7. The molecule has 0 aromatic carbocycles. The van der Waals surface area contributed by atoms with Gasteiger partial charge in [-0.3, -0.25) is 4.79 Å². The molecule has 4 nitrogen and oxygen atoms in total. The quantitative estimate of drug-likeness (QED) is 0.564. The van der Waals surface area contributed by atoms with E-state index in [1.165, 1.54) is 6.42 Å². The Kier molecular flexibility index (Phi) is 3.06. The molecular weight excluding hydrogens is 316 g/mol. The second-order valence-corrected chi connectivity index (χ2v) is 10.2. The number of esters is 1. The zero-order chi connectivity index (χ0) is 17.8. The Hall–Kier alpha value is -0.610. The highest BCUT2D eigenvalue weighted by atomic mass is 16.7. The van der Waals surface area contributed by atoms with Gasteiger partial charge in [0, 0.05) is 0 Å². The van der Waals surface area contributed by atoms with E-state index in [9.17, 15) is 4.79 Å². The van der Waals surface area contributed by atoms with Crippen molar-refractivity contribution in [2.75, 3.05) is 7.11 Å². The molecule has 0 unspecified atom stereocenters. The van der Waals surface area contributed by atoms with Crippen LogP contribution in [0.1, 0.15) is 66.2 Å². The minimum Gasteiger partial charge on any atom is -0.469 e. The minimum absolute atomic E-state index is 0.0114. The van der Waals surface area contributed by atoms with E-state index in [-0.39, 0.29) is 34.1 Å². The molecule has 8 atom stereocenters. The Labute approximate surface area is 151 Å². The van der Waals surface area contributed by atoms with Gasteiger partial charge >= 0.3 is 5.97 Å². The van der Waals surface area contributed by atoms with Crippen molar-refractivity contribution in [3.05, 3.63) is 0 Å². The van der Waals surface area contributed by atoms with Gasteiger partial charge in [-0.15, -0.1) is 0 Å². The van der Waals surface area contributed by atoms with Crippen molar-refractivity contribution < 1.29 is 19.0 Å². The molecule has 5 aliphatic rings. The number of carbonyl (C=O) groups excluding carboxylic acids is 1. The zero-order valence-corrected chi connectivity index (χ0v) is 16.3. The highest BCUT2D eigenvalue weighted by Gasteiger charge is 2.85. The SMILES string of the molecule is COC(=O)[C@]1(C)CCC[C@]2(C)[C@H]3C[C@@H]4O[C@]4(C(C)C)[C@@H]4O[C@]34CC[C@H]21. The first-order valence-corrected chi connectivity index (χ1v) is 10.2. The van der Waals surface area contributed by atoms with Crippen LogP contribution in [0.25, 0.3) is 0 Å². The number of hydrogen-bond acceptors (Lipinski definition) is 4. The molecule has 0 aromatic rings. The molecule has 0 N–H and O–H groups in total. The van der Waals surface area contributed by atoms with Crippen molar-refractivity contribution in [3.8, 4) is 0 Å². The van der Waals surface area contributed by atoms with E-state index in [2.05, 4.69) is 27.7 Å². The summed E-state index contributed by atoms with van der Waals surface area (Å²) in [7, 11) is 1.54. The van der Waals surface area contributed by atoms with Crippen molar-refractivity contribution in [2.45, 2.75) is 89.6 Å². The molecule has 2 heterocycles. The molecule has 4 heteroatoms. The zero-order valence-electron chi connectivity index (χ0n) is 16.3. The predicted octanol–water partition coefficient (Wildman–Crippen LogP) is 3.72. The van der Waals surface area contributed by atoms with Gasteiger partial charge in [0.1, 0.15) is 17.3 Å². The summed E-state index contributed by atoms with van der Waals surface area (Å²) < 4.78 is 18.1. The first kappa shape index (κ1) is 16.6. The molecule has 5 rings (SSSR count). The third-order valence-electron chi connectivity index (χ3n) is 9.12. The Balaban J connectivity index is 1.51. The molecule has 0 amide bonds. The van der Waals surface area contributed by atoms with E-state index in [0.29, 0.717) is 23.9 Å². The second kappa shape index (κ2) is 4.62. The lowest BCUT2D eigenvalue weighted by Gasteiger charge is -2.59. The maximum absolute atomic E-state index is 12.7. The van der Waals surface area contributed by atoms with Crippen molar-refractivity contribution in [1.29, 1.82) is 0 Å². The van der Waals surface area contributed by atoms with E-state index >= 15 is 0 Å². The highest BCUT2D eigenvalue weighted by Crippen LogP contribution is 2.76. The summed E-state index contributed by atoms with van der Waals surface area (Å²) in [5.41, 5.74) is -0.176. The van der Waals surface area contributed by atoms with Crippen LogP contribution in [0.2, 0.25) is 0 Å². The fraction of sp³-hybridized carbons (Fsp3) is 0.952. The van der Waals surface area contributed by atoms with Gasteiger partial charge in [0.15, 0.2) is 0 Å². The lowest BCUT2D eigenvalue weighted by Crippen LogP contribution is -2.60. The molecule has 0 radical (unpaired) electrons. The maximum Gasteiger partial charge on any atom is 0.311 e. The highest BCUT2D eigenvalue weighted by molar-refractivity contribution is 5.77. The Morgan fingerprint density at radius 1 is 1.12 bits per heavy atom. The molecule has 2 aliphatic heterocycles. The van der Waals surface area contributed by atoms with Crippen LogP contribution in [-0.2, 0) is 19.0 Å². The van der Waals surface area contributed by atoms with Crippen LogP contribution in [0.3, 0.4) is 0 Å². The molecule has 0 bridgehead atoms. The number of epoxide rings is 2. The van der Waals surface area contributed by atoms with Gasteiger partial charge < -0.3 is 14.2 Å². The first-order valence-electron chi connectivity index (χ1n) is 10.2. The normalized spacial score (nSPS) is 58.5. The molecule has 1 spiro atoms. The van der Waals surface area contributed by atoms with Gasteiger partial charge in [0.2, 0.25) is 0 Å². The van der Waals surface area contributed by atoms with Crippen LogP contribution < -0.4 is 0 Å². The Morgan fingerprint density at radius 3 is 2.56 bits per heavy atom. The smallest absolute Gasteiger partial charge is 0.311 e. The lowest BCUT2D eigenvalue weighted by atomic mass is 9.43. The summed E-state index contributed by atoms with van der Waals surface area (Å²) in [5, 5.41) is 0. The van der Waals surface area contributed by atoms with Gasteiger partial charge in [0.25, 0.3) is 0 Å². The number of carbonyl (C=O) groups is 1. The number of hydrogen-bond donors (Lipinski definition) is 0. The Bertz CT molecular complexity index is 631. The van der Waals surface area contributed by atoms with Gasteiger partial charge in [-0.1, -0.05) is 27.2 Å². The van der Waals surface area contributed by atoms with Crippen LogP contribution in [0.15, 0.2) is 0 Å². The van der Waals surface area contributed by atoms with Crippen molar-refractivity contribution in [1.82, 2.24) is 0 Å². The number of ether oxygens (including phenoxy) is 3. The minimum atomic E-state index is -0.343. The van der Waals surface area contributed by atoms with E-state index in [4.69, 9.17) is 14.2 Å². The number of fused-ring (bicyclic) bond motifs is 4. The van der Waals surface area contributed by atoms with Crippen LogP contribution in [0.5, 0.6) is 0 Å². The van der Waals surface area contributed by atoms with Crippen molar-refractivity contribution in [2.24, 2.45) is 28.6 Å². The summed E-state index contributed by atoms with van der Waals surface area (Å²) in [4.78, 5) is 12.7. The summed E-state index contributed by atoms with van der Waals surface area (Å²) in [5.74, 6) is 1.42. The molecular formula is C21H32O4. The topological polar surface area (TPSA) is 51.4 Å². The molecule has 2 saturated heterocycles. The lowest BCUT2D eigenvalue weighted by molar-refractivity contribution is -0.175. The summed E-state index contributed by atoms with van der Waals surface area (Å²) in [6.07, 6.45) is 7.19. The summed E-state index contributed by atoms with van der Waals surface area (Å²) in [6.45, 7) is 9.14. The van der Waals surface area contributed by atoms with Crippen molar-refractivity contribution in [3.63, 3.8) is 0 Å². The van der Waals surface area contributed by atoms with E-state index in [1.54, 1.807) is 7.11 Å². The number of rotatable bonds is 2. The molecule has 3 saturated carbocycles. The largest absolute Gasteiger partial charge is 0.469 e. The fourth-order valence-electron chi connectivity index (χ4n) is 7.84. The monoisotopic (exact) mass is 348 g/mol. The first-order chi connectivity index (χ1) is 11.8. The van der Waals surface area contributed by atoms with E-state index in [0.717, 1.165) is 32.1 Å². The molecule has 0 aromatic heterocycles. The fourth-order valence-corrected chi connectivity index (χ4v) is 7.84. The Morgan fingerprint density at radius 2 is 1.88 bits per heavy atom. The van der Waals surface area contributed by atoms with Crippen LogP contribution >= 0.6 is 0 Å². The average molecular weight is 348 g/mol. The molecule has 3 aliphatic carbocycles.